The summed E-state index contributed by atoms with van der Waals surface area (Å²) < 4.78 is 15.2. The van der Waals surface area contributed by atoms with Gasteiger partial charge in [-0.05, 0) is 51.4 Å². The Morgan fingerprint density at radius 3 is 2.55 bits per heavy atom. The Balaban J connectivity index is 2.06. The Morgan fingerprint density at radius 2 is 1.86 bits per heavy atom. The first-order chi connectivity index (χ1) is 13.8. The molecule has 1 unspecified atom stereocenters. The van der Waals surface area contributed by atoms with Gasteiger partial charge < -0.3 is 9.80 Å². The molecule has 0 aliphatic carbocycles. The fourth-order valence-electron chi connectivity index (χ4n) is 3.31. The van der Waals surface area contributed by atoms with Crippen molar-refractivity contribution >= 4 is 16.8 Å². The minimum Gasteiger partial charge on any atom is -0.327 e. The highest BCUT2D eigenvalue weighted by atomic mass is 19.1. The molecule has 0 fully saturated rings. The molecule has 1 aromatic heterocycles. The molecule has 0 bridgehead atoms. The van der Waals surface area contributed by atoms with Gasteiger partial charge in [0, 0.05) is 25.7 Å². The van der Waals surface area contributed by atoms with Crippen LogP contribution in [0.1, 0.15) is 29.1 Å². The van der Waals surface area contributed by atoms with Gasteiger partial charge in [0.1, 0.15) is 11.6 Å². The summed E-state index contributed by atoms with van der Waals surface area (Å²) >= 11 is 0. The van der Waals surface area contributed by atoms with Crippen LogP contribution in [0.2, 0.25) is 0 Å². The Hall–Kier alpha value is -3.06. The normalized spacial score (nSPS) is 12.3. The van der Waals surface area contributed by atoms with E-state index >= 15 is 0 Å². The molecule has 3 rings (SSSR count). The van der Waals surface area contributed by atoms with Crippen LogP contribution in [0.5, 0.6) is 0 Å². The molecular weight excluding hydrogens is 371 g/mol. The molecule has 2 aromatic carbocycles. The number of aromatic nitrogens is 2. The summed E-state index contributed by atoms with van der Waals surface area (Å²) in [6.45, 7) is 2.86. The highest BCUT2D eigenvalue weighted by molar-refractivity contribution is 5.94. The largest absolute Gasteiger partial charge is 0.327 e. The van der Waals surface area contributed by atoms with E-state index in [9.17, 15) is 14.0 Å². The summed E-state index contributed by atoms with van der Waals surface area (Å²) in [4.78, 5) is 34.3. The van der Waals surface area contributed by atoms with Crippen molar-refractivity contribution in [1.29, 1.82) is 0 Å². The maximum atomic E-state index is 13.7. The first-order valence-corrected chi connectivity index (χ1v) is 9.46. The first kappa shape index (κ1) is 20.7. The van der Waals surface area contributed by atoms with Crippen molar-refractivity contribution in [2.45, 2.75) is 13.0 Å². The van der Waals surface area contributed by atoms with Gasteiger partial charge >= 0.3 is 0 Å². The summed E-state index contributed by atoms with van der Waals surface area (Å²) in [5, 5.41) is 0.530. The third kappa shape index (κ3) is 4.35. The van der Waals surface area contributed by atoms with Crippen molar-refractivity contribution in [2.24, 2.45) is 7.05 Å². The van der Waals surface area contributed by atoms with Crippen molar-refractivity contribution in [2.75, 3.05) is 27.2 Å². The molecule has 0 aliphatic heterocycles. The SMILES string of the molecule is CC(c1nc2ccccc2c(=O)n1C)N(CCN(C)C)C(=O)c1cccc(F)c1. The molecule has 1 heterocycles. The number of hydrogen-bond acceptors (Lipinski definition) is 4. The second-order valence-corrected chi connectivity index (χ2v) is 7.34. The number of likely N-dealkylation sites (N-methyl/N-ethyl adjacent to an activating group) is 1. The van der Waals surface area contributed by atoms with Crippen LogP contribution in [-0.4, -0.2) is 52.4 Å². The molecule has 1 amide bonds. The summed E-state index contributed by atoms with van der Waals surface area (Å²) in [6, 6.07) is 12.3. The Bertz CT molecular complexity index is 1090. The number of halogens is 1. The average molecular weight is 396 g/mol. The zero-order chi connectivity index (χ0) is 21.1. The van der Waals surface area contributed by atoms with Crippen molar-refractivity contribution in [3.63, 3.8) is 0 Å². The fraction of sp³-hybridized carbons (Fsp3) is 0.318. The Labute approximate surface area is 169 Å². The molecule has 1 atom stereocenters. The van der Waals surface area contributed by atoms with E-state index in [-0.39, 0.29) is 17.0 Å². The van der Waals surface area contributed by atoms with E-state index in [2.05, 4.69) is 4.98 Å². The predicted molar refractivity (Wildman–Crippen MR) is 111 cm³/mol. The lowest BCUT2D eigenvalue weighted by Crippen LogP contribution is -2.40. The summed E-state index contributed by atoms with van der Waals surface area (Å²) in [5.74, 6) is -0.286. The molecular formula is C22H25FN4O2. The van der Waals surface area contributed by atoms with Gasteiger partial charge in [0.2, 0.25) is 0 Å². The van der Waals surface area contributed by atoms with Gasteiger partial charge in [-0.1, -0.05) is 18.2 Å². The number of carbonyl (C=O) groups is 1. The van der Waals surface area contributed by atoms with Gasteiger partial charge in [-0.25, -0.2) is 9.37 Å². The minimum atomic E-state index is -0.479. The number of fused-ring (bicyclic) bond motifs is 1. The van der Waals surface area contributed by atoms with Crippen LogP contribution in [0.25, 0.3) is 10.9 Å². The van der Waals surface area contributed by atoms with E-state index in [0.29, 0.717) is 29.8 Å². The number of rotatable bonds is 6. The van der Waals surface area contributed by atoms with Crippen molar-refractivity contribution < 1.29 is 9.18 Å². The second kappa shape index (κ2) is 8.53. The smallest absolute Gasteiger partial charge is 0.261 e. The highest BCUT2D eigenvalue weighted by Crippen LogP contribution is 2.22. The van der Waals surface area contributed by atoms with E-state index in [1.807, 2.05) is 32.0 Å². The first-order valence-electron chi connectivity index (χ1n) is 9.46. The lowest BCUT2D eigenvalue weighted by atomic mass is 10.1. The van der Waals surface area contributed by atoms with E-state index in [1.165, 1.54) is 22.8 Å². The molecule has 0 spiro atoms. The summed E-state index contributed by atoms with van der Waals surface area (Å²) in [6.07, 6.45) is 0. The Kier molecular flexibility index (Phi) is 6.08. The maximum Gasteiger partial charge on any atom is 0.261 e. The zero-order valence-corrected chi connectivity index (χ0v) is 17.1. The monoisotopic (exact) mass is 396 g/mol. The van der Waals surface area contributed by atoms with E-state index in [0.717, 1.165) is 0 Å². The van der Waals surface area contributed by atoms with Crippen molar-refractivity contribution in [1.82, 2.24) is 19.4 Å². The molecule has 0 radical (unpaired) electrons. The summed E-state index contributed by atoms with van der Waals surface area (Å²) in [7, 11) is 5.49. The van der Waals surface area contributed by atoms with Gasteiger partial charge in [0.05, 0.1) is 16.9 Å². The third-order valence-corrected chi connectivity index (χ3v) is 4.98. The third-order valence-electron chi connectivity index (χ3n) is 4.98. The molecule has 0 aliphatic rings. The highest BCUT2D eigenvalue weighted by Gasteiger charge is 2.26. The fourth-order valence-corrected chi connectivity index (χ4v) is 3.31. The second-order valence-electron chi connectivity index (χ2n) is 7.34. The maximum absolute atomic E-state index is 13.7. The van der Waals surface area contributed by atoms with E-state index < -0.39 is 11.9 Å². The molecule has 7 heteroatoms. The van der Waals surface area contributed by atoms with Crippen LogP contribution in [0.4, 0.5) is 4.39 Å². The number of nitrogens with zero attached hydrogens (tertiary/aromatic N) is 4. The minimum absolute atomic E-state index is 0.164. The van der Waals surface area contributed by atoms with Gasteiger partial charge in [0.15, 0.2) is 0 Å². The molecule has 0 saturated carbocycles. The molecule has 6 nitrogen and oxygen atoms in total. The zero-order valence-electron chi connectivity index (χ0n) is 17.1. The number of benzene rings is 2. The molecule has 0 N–H and O–H groups in total. The average Bonchev–Trinajstić information content (AvgIpc) is 2.70. The van der Waals surface area contributed by atoms with Crippen LogP contribution in [-0.2, 0) is 7.05 Å². The topological polar surface area (TPSA) is 58.4 Å². The lowest BCUT2D eigenvalue weighted by Gasteiger charge is -2.31. The van der Waals surface area contributed by atoms with Gasteiger partial charge in [0.25, 0.3) is 11.5 Å². The molecule has 29 heavy (non-hydrogen) atoms. The standard InChI is InChI=1S/C22H25FN4O2/c1-15(20-24-19-11-6-5-10-18(19)22(29)26(20)4)27(13-12-25(2)3)21(28)16-8-7-9-17(23)14-16/h5-11,14-15H,12-13H2,1-4H3. The molecule has 152 valence electrons. The number of amides is 1. The van der Waals surface area contributed by atoms with Crippen LogP contribution < -0.4 is 5.56 Å². The summed E-state index contributed by atoms with van der Waals surface area (Å²) in [5.41, 5.74) is 0.688. The van der Waals surface area contributed by atoms with E-state index in [1.54, 1.807) is 36.2 Å². The lowest BCUT2D eigenvalue weighted by molar-refractivity contribution is 0.0665. The molecule has 3 aromatic rings. The van der Waals surface area contributed by atoms with E-state index in [4.69, 9.17) is 0 Å². The van der Waals surface area contributed by atoms with Crippen LogP contribution in [0.15, 0.2) is 53.3 Å². The van der Waals surface area contributed by atoms with Crippen LogP contribution in [0.3, 0.4) is 0 Å². The quantitative estimate of drug-likeness (QED) is 0.643. The number of carbonyl (C=O) groups excluding carboxylic acids is 1. The van der Waals surface area contributed by atoms with Crippen molar-refractivity contribution in [3.05, 3.63) is 76.1 Å². The van der Waals surface area contributed by atoms with Crippen molar-refractivity contribution in [3.8, 4) is 0 Å². The van der Waals surface area contributed by atoms with Crippen LogP contribution >= 0.6 is 0 Å². The Morgan fingerprint density at radius 1 is 1.14 bits per heavy atom. The number of para-hydroxylation sites is 1. The number of hydrogen-bond donors (Lipinski definition) is 0. The predicted octanol–water partition coefficient (Wildman–Crippen LogP) is 2.84. The van der Waals surface area contributed by atoms with Gasteiger partial charge in [-0.15, -0.1) is 0 Å². The van der Waals surface area contributed by atoms with Gasteiger partial charge in [-0.2, -0.15) is 0 Å². The van der Waals surface area contributed by atoms with Crippen LogP contribution in [0, 0.1) is 5.82 Å². The van der Waals surface area contributed by atoms with Gasteiger partial charge in [-0.3, -0.25) is 14.2 Å². The molecule has 0 saturated heterocycles.